The average Bonchev–Trinajstić information content (AvgIpc) is 3.13. The Labute approximate surface area is 177 Å². The van der Waals surface area contributed by atoms with E-state index in [2.05, 4.69) is 15.8 Å². The standard InChI is InChI=1S/C20H23FN4O4S/c1-13-10-17(24-29-13)23-18(26)11-30-12-19(27)25-8-6-16(7-9-25)22-20(28)14-2-4-15(21)5-3-14/h2-5,10,16H,6-9,11-12H2,1H3,(H,22,28)(H,23,24,26). The lowest BCUT2D eigenvalue weighted by atomic mass is 10.0. The van der Waals surface area contributed by atoms with E-state index in [1.165, 1.54) is 36.0 Å². The highest BCUT2D eigenvalue weighted by Gasteiger charge is 2.24. The molecule has 3 rings (SSSR count). The van der Waals surface area contributed by atoms with E-state index in [1.54, 1.807) is 17.9 Å². The summed E-state index contributed by atoms with van der Waals surface area (Å²) >= 11 is 1.24. The van der Waals surface area contributed by atoms with Crippen LogP contribution in [0.25, 0.3) is 0 Å². The molecule has 0 aliphatic carbocycles. The van der Waals surface area contributed by atoms with Gasteiger partial charge in [0.2, 0.25) is 11.8 Å². The predicted octanol–water partition coefficient (Wildman–Crippen LogP) is 2.21. The Morgan fingerprint density at radius 2 is 1.90 bits per heavy atom. The van der Waals surface area contributed by atoms with Crippen molar-refractivity contribution in [3.8, 4) is 0 Å². The molecule has 1 aliphatic rings. The van der Waals surface area contributed by atoms with Gasteiger partial charge in [0.05, 0.1) is 11.5 Å². The second-order valence-corrected chi connectivity index (χ2v) is 7.98. The number of hydrogen-bond donors (Lipinski definition) is 2. The van der Waals surface area contributed by atoms with Crippen LogP contribution in [0.5, 0.6) is 0 Å². The second-order valence-electron chi connectivity index (χ2n) is 7.00. The van der Waals surface area contributed by atoms with Gasteiger partial charge in [-0.3, -0.25) is 14.4 Å². The smallest absolute Gasteiger partial charge is 0.251 e. The minimum absolute atomic E-state index is 0.0315. The van der Waals surface area contributed by atoms with Gasteiger partial charge < -0.3 is 20.1 Å². The van der Waals surface area contributed by atoms with E-state index in [0.29, 0.717) is 43.1 Å². The third-order valence-corrected chi connectivity index (χ3v) is 5.56. The van der Waals surface area contributed by atoms with Crippen LogP contribution in [-0.2, 0) is 9.59 Å². The van der Waals surface area contributed by atoms with E-state index >= 15 is 0 Å². The van der Waals surface area contributed by atoms with Crippen LogP contribution in [0.15, 0.2) is 34.9 Å². The van der Waals surface area contributed by atoms with Crippen LogP contribution in [0.2, 0.25) is 0 Å². The molecule has 2 heterocycles. The van der Waals surface area contributed by atoms with Crippen molar-refractivity contribution >= 4 is 35.3 Å². The number of aromatic nitrogens is 1. The van der Waals surface area contributed by atoms with Gasteiger partial charge in [-0.2, -0.15) is 0 Å². The molecule has 0 spiro atoms. The zero-order chi connectivity index (χ0) is 21.5. The van der Waals surface area contributed by atoms with Gasteiger partial charge in [0, 0.05) is 30.8 Å². The third kappa shape index (κ3) is 6.31. The van der Waals surface area contributed by atoms with Gasteiger partial charge in [-0.05, 0) is 44.0 Å². The minimum Gasteiger partial charge on any atom is -0.360 e. The number of likely N-dealkylation sites (tertiary alicyclic amines) is 1. The summed E-state index contributed by atoms with van der Waals surface area (Å²) in [6.07, 6.45) is 1.30. The van der Waals surface area contributed by atoms with Crippen LogP contribution in [0.3, 0.4) is 0 Å². The van der Waals surface area contributed by atoms with E-state index < -0.39 is 0 Å². The van der Waals surface area contributed by atoms with E-state index in [1.807, 2.05) is 0 Å². The monoisotopic (exact) mass is 434 g/mol. The van der Waals surface area contributed by atoms with E-state index in [0.717, 1.165) is 0 Å². The number of amides is 3. The van der Waals surface area contributed by atoms with Crippen molar-refractivity contribution in [1.29, 1.82) is 0 Å². The number of rotatable bonds is 7. The summed E-state index contributed by atoms with van der Waals surface area (Å²) in [5.74, 6) is 0.390. The quantitative estimate of drug-likeness (QED) is 0.692. The van der Waals surface area contributed by atoms with Crippen LogP contribution in [0.4, 0.5) is 10.2 Å². The molecule has 10 heteroatoms. The molecule has 30 heavy (non-hydrogen) atoms. The Morgan fingerprint density at radius 1 is 1.20 bits per heavy atom. The van der Waals surface area contributed by atoms with Crippen molar-refractivity contribution in [2.24, 2.45) is 0 Å². The Morgan fingerprint density at radius 3 is 2.53 bits per heavy atom. The molecule has 0 radical (unpaired) electrons. The third-order valence-electron chi connectivity index (χ3n) is 4.64. The molecule has 3 amide bonds. The molecule has 1 aromatic carbocycles. The van der Waals surface area contributed by atoms with Gasteiger partial charge >= 0.3 is 0 Å². The first kappa shape index (κ1) is 21.8. The van der Waals surface area contributed by atoms with E-state index in [9.17, 15) is 18.8 Å². The molecule has 2 N–H and O–H groups in total. The molecule has 1 saturated heterocycles. The number of piperidine rings is 1. The first-order chi connectivity index (χ1) is 14.4. The van der Waals surface area contributed by atoms with Crippen LogP contribution >= 0.6 is 11.8 Å². The maximum Gasteiger partial charge on any atom is 0.251 e. The Hall–Kier alpha value is -2.88. The molecule has 1 aromatic heterocycles. The lowest BCUT2D eigenvalue weighted by Crippen LogP contribution is -2.47. The summed E-state index contributed by atoms with van der Waals surface area (Å²) in [5, 5.41) is 9.22. The zero-order valence-electron chi connectivity index (χ0n) is 16.5. The van der Waals surface area contributed by atoms with Crippen LogP contribution in [0, 0.1) is 12.7 Å². The topological polar surface area (TPSA) is 105 Å². The number of aryl methyl sites for hydroxylation is 1. The number of benzene rings is 1. The van der Waals surface area contributed by atoms with Crippen molar-refractivity contribution < 1.29 is 23.3 Å². The summed E-state index contributed by atoms with van der Waals surface area (Å²) in [7, 11) is 0. The number of nitrogens with one attached hydrogen (secondary N) is 2. The normalized spacial score (nSPS) is 14.4. The summed E-state index contributed by atoms with van der Waals surface area (Å²) in [6, 6.07) is 6.98. The maximum absolute atomic E-state index is 13.0. The molecular weight excluding hydrogens is 411 g/mol. The SMILES string of the molecule is Cc1cc(NC(=O)CSCC(=O)N2CCC(NC(=O)c3ccc(F)cc3)CC2)no1. The van der Waals surface area contributed by atoms with Crippen LogP contribution in [0.1, 0.15) is 29.0 Å². The van der Waals surface area contributed by atoms with Gasteiger partial charge in [-0.15, -0.1) is 11.8 Å². The first-order valence-electron chi connectivity index (χ1n) is 9.56. The van der Waals surface area contributed by atoms with Crippen molar-refractivity contribution in [2.75, 3.05) is 29.9 Å². The molecule has 0 atom stereocenters. The molecule has 0 bridgehead atoms. The van der Waals surface area contributed by atoms with Gasteiger partial charge in [-0.25, -0.2) is 4.39 Å². The summed E-state index contributed by atoms with van der Waals surface area (Å²) in [5.41, 5.74) is 0.408. The molecular formula is C20H23FN4O4S. The lowest BCUT2D eigenvalue weighted by Gasteiger charge is -2.32. The summed E-state index contributed by atoms with van der Waals surface area (Å²) in [4.78, 5) is 38.2. The molecule has 1 fully saturated rings. The highest BCUT2D eigenvalue weighted by Crippen LogP contribution is 2.14. The van der Waals surface area contributed by atoms with Crippen LogP contribution in [-0.4, -0.2) is 58.4 Å². The number of carbonyl (C=O) groups excluding carboxylic acids is 3. The minimum atomic E-state index is -0.387. The Bertz CT molecular complexity index is 894. The molecule has 0 unspecified atom stereocenters. The molecule has 0 saturated carbocycles. The molecule has 1 aliphatic heterocycles. The van der Waals surface area contributed by atoms with E-state index in [4.69, 9.17) is 4.52 Å². The van der Waals surface area contributed by atoms with Gasteiger partial charge in [0.15, 0.2) is 5.82 Å². The van der Waals surface area contributed by atoms with E-state index in [-0.39, 0.29) is 41.1 Å². The van der Waals surface area contributed by atoms with Gasteiger partial charge in [0.1, 0.15) is 11.6 Å². The van der Waals surface area contributed by atoms with Gasteiger partial charge in [0.25, 0.3) is 5.91 Å². The van der Waals surface area contributed by atoms with Crippen molar-refractivity contribution in [1.82, 2.24) is 15.4 Å². The maximum atomic E-state index is 13.0. The highest BCUT2D eigenvalue weighted by atomic mass is 32.2. The largest absolute Gasteiger partial charge is 0.360 e. The number of hydrogen-bond acceptors (Lipinski definition) is 6. The molecule has 8 nitrogen and oxygen atoms in total. The molecule has 160 valence electrons. The lowest BCUT2D eigenvalue weighted by molar-refractivity contribution is -0.129. The summed E-state index contributed by atoms with van der Waals surface area (Å²) in [6.45, 7) is 2.81. The summed E-state index contributed by atoms with van der Waals surface area (Å²) < 4.78 is 17.8. The van der Waals surface area contributed by atoms with Crippen molar-refractivity contribution in [3.05, 3.63) is 47.5 Å². The number of anilines is 1. The first-order valence-corrected chi connectivity index (χ1v) is 10.7. The van der Waals surface area contributed by atoms with Crippen LogP contribution < -0.4 is 10.6 Å². The van der Waals surface area contributed by atoms with Crippen molar-refractivity contribution in [3.63, 3.8) is 0 Å². The van der Waals surface area contributed by atoms with Gasteiger partial charge in [-0.1, -0.05) is 5.16 Å². The Kier molecular flexibility index (Phi) is 7.45. The fraction of sp³-hybridized carbons (Fsp3) is 0.400. The average molecular weight is 434 g/mol. The van der Waals surface area contributed by atoms with Crippen molar-refractivity contribution in [2.45, 2.75) is 25.8 Å². The molecule has 2 aromatic rings. The fourth-order valence-corrected chi connectivity index (χ4v) is 3.79. The number of carbonyl (C=O) groups is 3. The number of halogens is 1. The number of thioether (sulfide) groups is 1. The number of nitrogens with zero attached hydrogens (tertiary/aromatic N) is 2. The highest BCUT2D eigenvalue weighted by molar-refractivity contribution is 8.00. The fourth-order valence-electron chi connectivity index (χ4n) is 3.07. The Balaban J connectivity index is 1.34. The zero-order valence-corrected chi connectivity index (χ0v) is 17.3. The predicted molar refractivity (Wildman–Crippen MR) is 111 cm³/mol. The second kappa shape index (κ2) is 10.2.